The van der Waals surface area contributed by atoms with Gasteiger partial charge in [0, 0.05) is 33.3 Å². The molecule has 182 valence electrons. The van der Waals surface area contributed by atoms with Gasteiger partial charge in [0.25, 0.3) is 0 Å². The summed E-state index contributed by atoms with van der Waals surface area (Å²) in [5, 5.41) is 9.95. The standard InChI is InChI=1S/C26H29N5O4/c1-18(17-33-2)35-26(32)19(16-27)24-25(29-21-9-5-4-8-20(21)28-24)31-14-12-30(13-15-31)22-10-6-7-11-23(22)34-3/h4-11,18-19H,12-15,17H2,1-3H3. The fourth-order valence-corrected chi connectivity index (χ4v) is 4.24. The quantitative estimate of drug-likeness (QED) is 0.455. The average molecular weight is 476 g/mol. The van der Waals surface area contributed by atoms with Crippen molar-refractivity contribution in [2.24, 2.45) is 0 Å². The summed E-state index contributed by atoms with van der Waals surface area (Å²) in [5.41, 5.74) is 2.67. The molecule has 2 atom stereocenters. The zero-order valence-electron chi connectivity index (χ0n) is 20.2. The van der Waals surface area contributed by atoms with E-state index in [1.54, 1.807) is 14.0 Å². The van der Waals surface area contributed by atoms with Gasteiger partial charge < -0.3 is 24.0 Å². The lowest BCUT2D eigenvalue weighted by molar-refractivity contribution is -0.150. The second-order valence-corrected chi connectivity index (χ2v) is 8.33. The molecular formula is C26H29N5O4. The number of fused-ring (bicyclic) bond motifs is 1. The van der Waals surface area contributed by atoms with E-state index < -0.39 is 18.0 Å². The largest absolute Gasteiger partial charge is 0.495 e. The molecular weight excluding hydrogens is 446 g/mol. The van der Waals surface area contributed by atoms with Gasteiger partial charge in [0.2, 0.25) is 0 Å². The highest BCUT2D eigenvalue weighted by atomic mass is 16.6. The second kappa shape index (κ2) is 11.0. The first-order valence-corrected chi connectivity index (χ1v) is 11.5. The number of benzene rings is 2. The molecule has 0 N–H and O–H groups in total. The lowest BCUT2D eigenvalue weighted by Gasteiger charge is -2.38. The fourth-order valence-electron chi connectivity index (χ4n) is 4.24. The van der Waals surface area contributed by atoms with Crippen LogP contribution in [0.2, 0.25) is 0 Å². The Kier molecular flexibility index (Phi) is 7.63. The number of piperazine rings is 1. The molecule has 0 spiro atoms. The minimum Gasteiger partial charge on any atom is -0.495 e. The first-order chi connectivity index (χ1) is 17.0. The smallest absolute Gasteiger partial charge is 0.330 e. The zero-order valence-corrected chi connectivity index (χ0v) is 20.2. The first-order valence-electron chi connectivity index (χ1n) is 11.5. The lowest BCUT2D eigenvalue weighted by Crippen LogP contribution is -2.47. The van der Waals surface area contributed by atoms with E-state index in [4.69, 9.17) is 24.2 Å². The summed E-state index contributed by atoms with van der Waals surface area (Å²) in [6, 6.07) is 17.5. The normalized spacial score (nSPS) is 15.4. The van der Waals surface area contributed by atoms with Crippen LogP contribution >= 0.6 is 0 Å². The van der Waals surface area contributed by atoms with Gasteiger partial charge in [0.15, 0.2) is 11.7 Å². The van der Waals surface area contributed by atoms with Crippen molar-refractivity contribution in [1.82, 2.24) is 9.97 Å². The van der Waals surface area contributed by atoms with Crippen molar-refractivity contribution in [2.75, 3.05) is 56.8 Å². The summed E-state index contributed by atoms with van der Waals surface area (Å²) in [7, 11) is 3.20. The Morgan fingerprint density at radius 2 is 1.63 bits per heavy atom. The molecule has 0 aliphatic carbocycles. The molecule has 9 heteroatoms. The van der Waals surface area contributed by atoms with E-state index in [9.17, 15) is 10.1 Å². The Bertz CT molecular complexity index is 1220. The predicted molar refractivity (Wildman–Crippen MR) is 133 cm³/mol. The molecule has 1 saturated heterocycles. The van der Waals surface area contributed by atoms with Crippen LogP contribution in [0.4, 0.5) is 11.5 Å². The predicted octanol–water partition coefficient (Wildman–Crippen LogP) is 3.15. The van der Waals surface area contributed by atoms with Crippen molar-refractivity contribution in [1.29, 1.82) is 5.26 Å². The molecule has 3 aromatic rings. The SMILES string of the molecule is COCC(C)OC(=O)C(C#N)c1nc2ccccc2nc1N1CCN(c2ccccc2OC)CC1. The topological polar surface area (TPSA) is 101 Å². The molecule has 2 heterocycles. The number of anilines is 2. The van der Waals surface area contributed by atoms with Crippen molar-refractivity contribution in [3.63, 3.8) is 0 Å². The number of methoxy groups -OCH3 is 2. The van der Waals surface area contributed by atoms with Gasteiger partial charge in [-0.15, -0.1) is 0 Å². The number of rotatable bonds is 8. The van der Waals surface area contributed by atoms with Gasteiger partial charge in [-0.05, 0) is 31.2 Å². The number of nitrogens with zero attached hydrogens (tertiary/aromatic N) is 5. The number of para-hydroxylation sites is 4. The van der Waals surface area contributed by atoms with Crippen LogP contribution in [0.15, 0.2) is 48.5 Å². The minimum atomic E-state index is -1.20. The molecule has 2 unspecified atom stereocenters. The zero-order chi connectivity index (χ0) is 24.8. The third-order valence-corrected chi connectivity index (χ3v) is 5.94. The van der Waals surface area contributed by atoms with E-state index in [-0.39, 0.29) is 6.61 Å². The highest BCUT2D eigenvalue weighted by molar-refractivity contribution is 5.85. The van der Waals surface area contributed by atoms with E-state index in [1.165, 1.54) is 7.11 Å². The molecule has 9 nitrogen and oxygen atoms in total. The molecule has 35 heavy (non-hydrogen) atoms. The van der Waals surface area contributed by atoms with Crippen LogP contribution < -0.4 is 14.5 Å². The van der Waals surface area contributed by atoms with Crippen molar-refractivity contribution >= 4 is 28.5 Å². The molecule has 2 aromatic carbocycles. The Morgan fingerprint density at radius 3 is 2.29 bits per heavy atom. The molecule has 4 rings (SSSR count). The van der Waals surface area contributed by atoms with Crippen LogP contribution in [0.5, 0.6) is 5.75 Å². The first kappa shape index (κ1) is 24.2. The van der Waals surface area contributed by atoms with Crippen LogP contribution in [0, 0.1) is 11.3 Å². The van der Waals surface area contributed by atoms with Gasteiger partial charge in [-0.25, -0.2) is 9.97 Å². The van der Waals surface area contributed by atoms with E-state index in [0.29, 0.717) is 35.6 Å². The van der Waals surface area contributed by atoms with Crippen molar-refractivity contribution in [3.05, 3.63) is 54.2 Å². The number of carbonyl (C=O) groups is 1. The number of hydrogen-bond acceptors (Lipinski definition) is 9. The van der Waals surface area contributed by atoms with Gasteiger partial charge in [-0.1, -0.05) is 24.3 Å². The number of carbonyl (C=O) groups excluding carboxylic acids is 1. The molecule has 1 aliphatic heterocycles. The van der Waals surface area contributed by atoms with Gasteiger partial charge in [0.05, 0.1) is 36.5 Å². The van der Waals surface area contributed by atoms with E-state index >= 15 is 0 Å². The van der Waals surface area contributed by atoms with Gasteiger partial charge in [0.1, 0.15) is 17.5 Å². The Labute approximate surface area is 204 Å². The van der Waals surface area contributed by atoms with Crippen LogP contribution in [-0.4, -0.2) is 69.0 Å². The molecule has 0 bridgehead atoms. The summed E-state index contributed by atoms with van der Waals surface area (Å²) in [5.74, 6) is -0.500. The lowest BCUT2D eigenvalue weighted by atomic mass is 10.1. The van der Waals surface area contributed by atoms with Gasteiger partial charge in [-0.3, -0.25) is 4.79 Å². The number of nitriles is 1. The van der Waals surface area contributed by atoms with E-state index in [0.717, 1.165) is 24.5 Å². The van der Waals surface area contributed by atoms with Crippen molar-refractivity contribution in [2.45, 2.75) is 18.9 Å². The van der Waals surface area contributed by atoms with Gasteiger partial charge >= 0.3 is 5.97 Å². The highest BCUT2D eigenvalue weighted by Gasteiger charge is 2.32. The third-order valence-electron chi connectivity index (χ3n) is 5.94. The minimum absolute atomic E-state index is 0.241. The summed E-state index contributed by atoms with van der Waals surface area (Å²) in [6.45, 7) is 4.70. The summed E-state index contributed by atoms with van der Waals surface area (Å²) in [6.07, 6.45) is -0.482. The van der Waals surface area contributed by atoms with Gasteiger partial charge in [-0.2, -0.15) is 5.26 Å². The van der Waals surface area contributed by atoms with Crippen LogP contribution in [0.1, 0.15) is 18.5 Å². The van der Waals surface area contributed by atoms with E-state index in [2.05, 4.69) is 15.9 Å². The van der Waals surface area contributed by atoms with Crippen molar-refractivity contribution in [3.8, 4) is 11.8 Å². The molecule has 1 aromatic heterocycles. The summed E-state index contributed by atoms with van der Waals surface area (Å²) >= 11 is 0. The number of hydrogen-bond donors (Lipinski definition) is 0. The fraction of sp³-hybridized carbons (Fsp3) is 0.385. The molecule has 0 saturated carbocycles. The number of esters is 1. The molecule has 1 fully saturated rings. The maximum Gasteiger partial charge on any atom is 0.330 e. The van der Waals surface area contributed by atoms with E-state index in [1.807, 2.05) is 48.5 Å². The third kappa shape index (κ3) is 5.28. The maximum atomic E-state index is 12.9. The average Bonchev–Trinajstić information content (AvgIpc) is 2.89. The summed E-state index contributed by atoms with van der Waals surface area (Å²) in [4.78, 5) is 26.8. The van der Waals surface area contributed by atoms with Crippen LogP contribution in [0.3, 0.4) is 0 Å². The highest BCUT2D eigenvalue weighted by Crippen LogP contribution is 2.32. The monoisotopic (exact) mass is 475 g/mol. The Hall–Kier alpha value is -3.90. The van der Waals surface area contributed by atoms with Crippen LogP contribution in [-0.2, 0) is 14.3 Å². The summed E-state index contributed by atoms with van der Waals surface area (Å²) < 4.78 is 16.0. The van der Waals surface area contributed by atoms with Crippen LogP contribution in [0.25, 0.3) is 11.0 Å². The molecule has 0 amide bonds. The van der Waals surface area contributed by atoms with Crippen molar-refractivity contribution < 1.29 is 19.0 Å². The second-order valence-electron chi connectivity index (χ2n) is 8.33. The molecule has 1 aliphatic rings. The molecule has 0 radical (unpaired) electrons. The number of aromatic nitrogens is 2. The number of ether oxygens (including phenoxy) is 3. The Balaban J connectivity index is 1.64. The maximum absolute atomic E-state index is 12.9. The Morgan fingerprint density at radius 1 is 1.00 bits per heavy atom.